The standard InChI is InChI=1S/C22H36N4O/c1-25(20-9-4-2-5-10-20)17-8-14-24-22(27)26-18-7-3-6-11-21(26)19-12-15-23-16-13-19/h12-13,15-16,20-21H,2-11,14,17-18H2,1H3,(H,24,27). The van der Waals surface area contributed by atoms with Gasteiger partial charge >= 0.3 is 6.03 Å². The summed E-state index contributed by atoms with van der Waals surface area (Å²) in [6.07, 6.45) is 16.0. The third-order valence-corrected chi connectivity index (χ3v) is 6.27. The van der Waals surface area contributed by atoms with Crippen molar-refractivity contribution in [2.45, 2.75) is 76.3 Å². The summed E-state index contributed by atoms with van der Waals surface area (Å²) in [6.45, 7) is 2.68. The van der Waals surface area contributed by atoms with Crippen LogP contribution in [0.3, 0.4) is 0 Å². The number of aromatic nitrogens is 1. The SMILES string of the molecule is CN(CCCNC(=O)N1CCCCCC1c1ccncc1)C1CCCCC1. The van der Waals surface area contributed by atoms with Gasteiger partial charge in [0.05, 0.1) is 6.04 Å². The van der Waals surface area contributed by atoms with Gasteiger partial charge in [-0.3, -0.25) is 4.98 Å². The molecule has 0 radical (unpaired) electrons. The fraction of sp³-hybridized carbons (Fsp3) is 0.727. The quantitative estimate of drug-likeness (QED) is 0.755. The molecule has 2 aliphatic rings. The molecule has 2 heterocycles. The van der Waals surface area contributed by atoms with Crippen molar-refractivity contribution in [2.24, 2.45) is 0 Å². The topological polar surface area (TPSA) is 48.5 Å². The summed E-state index contributed by atoms with van der Waals surface area (Å²) in [4.78, 5) is 21.5. The number of amides is 2. The smallest absolute Gasteiger partial charge is 0.317 e. The van der Waals surface area contributed by atoms with Crippen molar-refractivity contribution in [1.29, 1.82) is 0 Å². The Labute approximate surface area is 164 Å². The average Bonchev–Trinajstić information content (AvgIpc) is 2.98. The minimum atomic E-state index is 0.0963. The van der Waals surface area contributed by atoms with E-state index in [1.165, 1.54) is 50.5 Å². The van der Waals surface area contributed by atoms with Gasteiger partial charge in [-0.1, -0.05) is 32.1 Å². The Morgan fingerprint density at radius 3 is 2.59 bits per heavy atom. The van der Waals surface area contributed by atoms with Gasteiger partial charge in [-0.2, -0.15) is 0 Å². The van der Waals surface area contributed by atoms with Crippen LogP contribution in [0.25, 0.3) is 0 Å². The van der Waals surface area contributed by atoms with Crippen molar-refractivity contribution >= 4 is 6.03 Å². The van der Waals surface area contributed by atoms with E-state index in [1.807, 2.05) is 17.3 Å². The molecule has 0 bridgehead atoms. The van der Waals surface area contributed by atoms with Crippen molar-refractivity contribution in [3.63, 3.8) is 0 Å². The molecule has 1 aromatic rings. The van der Waals surface area contributed by atoms with E-state index in [0.717, 1.165) is 44.9 Å². The molecule has 1 aromatic heterocycles. The molecule has 27 heavy (non-hydrogen) atoms. The van der Waals surface area contributed by atoms with Crippen molar-refractivity contribution in [3.05, 3.63) is 30.1 Å². The van der Waals surface area contributed by atoms with Crippen LogP contribution in [0.4, 0.5) is 4.79 Å². The van der Waals surface area contributed by atoms with Crippen molar-refractivity contribution in [2.75, 3.05) is 26.7 Å². The van der Waals surface area contributed by atoms with Crippen LogP contribution in [-0.4, -0.2) is 53.5 Å². The second-order valence-electron chi connectivity index (χ2n) is 8.20. The zero-order valence-corrected chi connectivity index (χ0v) is 16.9. The van der Waals surface area contributed by atoms with Gasteiger partial charge < -0.3 is 15.1 Å². The molecule has 0 spiro atoms. The number of carbonyl (C=O) groups excluding carboxylic acids is 1. The molecule has 2 amide bonds. The highest BCUT2D eigenvalue weighted by molar-refractivity contribution is 5.74. The highest BCUT2D eigenvalue weighted by Crippen LogP contribution is 2.29. The Balaban J connectivity index is 1.46. The largest absolute Gasteiger partial charge is 0.338 e. The molecule has 1 saturated heterocycles. The summed E-state index contributed by atoms with van der Waals surface area (Å²) in [7, 11) is 2.24. The van der Waals surface area contributed by atoms with Gasteiger partial charge in [0.15, 0.2) is 0 Å². The summed E-state index contributed by atoms with van der Waals surface area (Å²) >= 11 is 0. The number of urea groups is 1. The number of nitrogens with zero attached hydrogens (tertiary/aromatic N) is 3. The minimum Gasteiger partial charge on any atom is -0.338 e. The fourth-order valence-electron chi connectivity index (χ4n) is 4.61. The van der Waals surface area contributed by atoms with E-state index >= 15 is 0 Å². The molecule has 5 nitrogen and oxygen atoms in total. The average molecular weight is 373 g/mol. The molecule has 2 fully saturated rings. The monoisotopic (exact) mass is 372 g/mol. The van der Waals surface area contributed by atoms with Crippen LogP contribution in [0.15, 0.2) is 24.5 Å². The van der Waals surface area contributed by atoms with Crippen LogP contribution in [-0.2, 0) is 0 Å². The van der Waals surface area contributed by atoms with Gasteiger partial charge in [0.25, 0.3) is 0 Å². The molecule has 1 aliphatic carbocycles. The Morgan fingerprint density at radius 2 is 1.81 bits per heavy atom. The van der Waals surface area contributed by atoms with Crippen LogP contribution >= 0.6 is 0 Å². The number of nitrogens with one attached hydrogen (secondary N) is 1. The minimum absolute atomic E-state index is 0.0963. The van der Waals surface area contributed by atoms with E-state index in [9.17, 15) is 4.79 Å². The summed E-state index contributed by atoms with van der Waals surface area (Å²) in [5.74, 6) is 0. The predicted octanol–water partition coefficient (Wildman–Crippen LogP) is 4.36. The van der Waals surface area contributed by atoms with Gasteiger partial charge in [0.1, 0.15) is 0 Å². The van der Waals surface area contributed by atoms with E-state index in [0.29, 0.717) is 0 Å². The van der Waals surface area contributed by atoms with E-state index in [1.54, 1.807) is 0 Å². The van der Waals surface area contributed by atoms with Gasteiger partial charge in [0.2, 0.25) is 0 Å². The maximum atomic E-state index is 12.9. The Hall–Kier alpha value is -1.62. The van der Waals surface area contributed by atoms with Crippen molar-refractivity contribution in [1.82, 2.24) is 20.1 Å². The lowest BCUT2D eigenvalue weighted by Gasteiger charge is -2.32. The fourth-order valence-corrected chi connectivity index (χ4v) is 4.61. The molecule has 1 N–H and O–H groups in total. The van der Waals surface area contributed by atoms with Crippen LogP contribution in [0.2, 0.25) is 0 Å². The van der Waals surface area contributed by atoms with Crippen LogP contribution in [0.1, 0.15) is 75.8 Å². The Kier molecular flexibility index (Phi) is 7.93. The number of hydrogen-bond donors (Lipinski definition) is 1. The molecule has 3 rings (SSSR count). The first-order valence-corrected chi connectivity index (χ1v) is 10.9. The lowest BCUT2D eigenvalue weighted by Crippen LogP contribution is -2.43. The zero-order chi connectivity index (χ0) is 18.9. The molecule has 150 valence electrons. The summed E-state index contributed by atoms with van der Waals surface area (Å²) in [5, 5.41) is 3.18. The highest BCUT2D eigenvalue weighted by Gasteiger charge is 2.26. The maximum absolute atomic E-state index is 12.9. The Morgan fingerprint density at radius 1 is 1.11 bits per heavy atom. The lowest BCUT2D eigenvalue weighted by molar-refractivity contribution is 0.172. The summed E-state index contributed by atoms with van der Waals surface area (Å²) in [6, 6.07) is 5.13. The van der Waals surface area contributed by atoms with E-state index < -0.39 is 0 Å². The Bertz CT molecular complexity index is 559. The molecule has 1 aliphatic heterocycles. The van der Waals surface area contributed by atoms with Crippen LogP contribution in [0.5, 0.6) is 0 Å². The second-order valence-corrected chi connectivity index (χ2v) is 8.20. The third-order valence-electron chi connectivity index (χ3n) is 6.27. The summed E-state index contributed by atoms with van der Waals surface area (Å²) in [5.41, 5.74) is 1.21. The molecule has 1 atom stereocenters. The number of pyridine rings is 1. The zero-order valence-electron chi connectivity index (χ0n) is 16.9. The predicted molar refractivity (Wildman–Crippen MR) is 110 cm³/mol. The van der Waals surface area contributed by atoms with Gasteiger partial charge in [-0.05, 0) is 63.4 Å². The second kappa shape index (κ2) is 10.6. The molecule has 5 heteroatoms. The molecular formula is C22H36N4O. The van der Waals surface area contributed by atoms with E-state index in [2.05, 4.69) is 34.4 Å². The van der Waals surface area contributed by atoms with E-state index in [-0.39, 0.29) is 12.1 Å². The van der Waals surface area contributed by atoms with E-state index in [4.69, 9.17) is 0 Å². The van der Waals surface area contributed by atoms with Gasteiger partial charge in [-0.25, -0.2) is 4.79 Å². The molecule has 1 saturated carbocycles. The molecule has 0 aromatic carbocycles. The summed E-state index contributed by atoms with van der Waals surface area (Å²) < 4.78 is 0. The number of rotatable bonds is 6. The van der Waals surface area contributed by atoms with Crippen LogP contribution < -0.4 is 5.32 Å². The van der Waals surface area contributed by atoms with Crippen molar-refractivity contribution < 1.29 is 4.79 Å². The number of carbonyl (C=O) groups is 1. The third kappa shape index (κ3) is 5.93. The molecule has 1 unspecified atom stereocenters. The first kappa shape index (κ1) is 20.1. The number of hydrogen-bond acceptors (Lipinski definition) is 3. The lowest BCUT2D eigenvalue weighted by atomic mass is 9.94. The van der Waals surface area contributed by atoms with Crippen molar-refractivity contribution in [3.8, 4) is 0 Å². The van der Waals surface area contributed by atoms with Crippen LogP contribution in [0, 0.1) is 0 Å². The first-order valence-electron chi connectivity index (χ1n) is 10.9. The highest BCUT2D eigenvalue weighted by atomic mass is 16.2. The molecular weight excluding hydrogens is 336 g/mol. The van der Waals surface area contributed by atoms with Gasteiger partial charge in [-0.15, -0.1) is 0 Å². The normalized spacial score (nSPS) is 21.9. The first-order chi connectivity index (χ1) is 13.3. The maximum Gasteiger partial charge on any atom is 0.317 e. The number of likely N-dealkylation sites (tertiary alicyclic amines) is 1. The van der Waals surface area contributed by atoms with Gasteiger partial charge in [0, 0.05) is 31.5 Å².